The molecule has 1 N–H and O–H groups in total. The number of ether oxygens (including phenoxy) is 1. The number of nitrogens with zero attached hydrogens (tertiary/aromatic N) is 5. The van der Waals surface area contributed by atoms with Crippen LogP contribution < -0.4 is 15.0 Å². The number of nitrogens with one attached hydrogen (secondary N) is 1. The average molecular weight is 571 g/mol. The quantitative estimate of drug-likeness (QED) is 0.339. The minimum Gasteiger partial charge on any atom is -0.487 e. The fourth-order valence-electron chi connectivity index (χ4n) is 6.65. The van der Waals surface area contributed by atoms with Crippen molar-refractivity contribution in [3.8, 4) is 5.75 Å². The Morgan fingerprint density at radius 2 is 1.78 bits per heavy atom. The standard InChI is InChI=1S/C33H39ClN6O/c1-32(2,25-18-26(34)20-28(19-25)35-3)24-4-6-30(7-5-24)41-21-27-8-15-37-31(38-27)39-16-11-33(12-17-39)22-40(23-33)29-9-13-36-14-10-29/h4-8,15,18-20,29,36H,9-14,16-17,21-23H2,1-2H3. The Morgan fingerprint density at radius 3 is 2.49 bits per heavy atom. The highest BCUT2D eigenvalue weighted by Crippen LogP contribution is 2.43. The van der Waals surface area contributed by atoms with Crippen molar-refractivity contribution < 1.29 is 4.74 Å². The normalized spacial score (nSPS) is 19.5. The van der Waals surface area contributed by atoms with Crippen LogP contribution in [0.4, 0.5) is 11.6 Å². The van der Waals surface area contributed by atoms with E-state index in [4.69, 9.17) is 27.9 Å². The molecule has 41 heavy (non-hydrogen) atoms. The molecule has 2 aromatic carbocycles. The number of benzene rings is 2. The van der Waals surface area contributed by atoms with Crippen LogP contribution in [0.1, 0.15) is 56.4 Å². The van der Waals surface area contributed by atoms with Gasteiger partial charge in [0, 0.05) is 48.9 Å². The zero-order valence-corrected chi connectivity index (χ0v) is 24.8. The predicted molar refractivity (Wildman–Crippen MR) is 164 cm³/mol. The van der Waals surface area contributed by atoms with E-state index in [2.05, 4.69) is 50.9 Å². The molecule has 7 nitrogen and oxygen atoms in total. The van der Waals surface area contributed by atoms with Crippen LogP contribution >= 0.6 is 11.6 Å². The third-order valence-electron chi connectivity index (χ3n) is 9.41. The molecule has 214 valence electrons. The number of halogens is 1. The smallest absolute Gasteiger partial charge is 0.225 e. The number of aromatic nitrogens is 2. The summed E-state index contributed by atoms with van der Waals surface area (Å²) in [6.07, 6.45) is 6.87. The highest BCUT2D eigenvalue weighted by Gasteiger charge is 2.47. The number of likely N-dealkylation sites (tertiary alicyclic amines) is 1. The van der Waals surface area contributed by atoms with Gasteiger partial charge in [-0.1, -0.05) is 43.6 Å². The maximum atomic E-state index is 7.36. The van der Waals surface area contributed by atoms with Crippen molar-refractivity contribution in [1.29, 1.82) is 0 Å². The summed E-state index contributed by atoms with van der Waals surface area (Å²) in [4.78, 5) is 18.1. The Hall–Kier alpha value is -3.18. The van der Waals surface area contributed by atoms with E-state index in [-0.39, 0.29) is 5.41 Å². The summed E-state index contributed by atoms with van der Waals surface area (Å²) in [5, 5.41) is 4.07. The van der Waals surface area contributed by atoms with Crippen LogP contribution in [-0.4, -0.2) is 60.2 Å². The molecule has 8 heteroatoms. The molecule has 0 aliphatic carbocycles. The molecule has 0 radical (unpaired) electrons. The Kier molecular flexibility index (Phi) is 7.91. The van der Waals surface area contributed by atoms with E-state index in [1.54, 1.807) is 6.07 Å². The van der Waals surface area contributed by atoms with Gasteiger partial charge in [-0.3, -0.25) is 4.90 Å². The second kappa shape index (κ2) is 11.6. The average Bonchev–Trinajstić information content (AvgIpc) is 2.99. The summed E-state index contributed by atoms with van der Waals surface area (Å²) >= 11 is 6.28. The van der Waals surface area contributed by atoms with E-state index in [1.807, 2.05) is 36.5 Å². The highest BCUT2D eigenvalue weighted by molar-refractivity contribution is 6.31. The molecule has 3 aliphatic rings. The molecule has 6 rings (SSSR count). The number of anilines is 1. The summed E-state index contributed by atoms with van der Waals surface area (Å²) in [7, 11) is 0. The molecule has 1 aromatic heterocycles. The second-order valence-corrected chi connectivity index (χ2v) is 12.9. The van der Waals surface area contributed by atoms with Gasteiger partial charge in [0.1, 0.15) is 12.4 Å². The van der Waals surface area contributed by atoms with Gasteiger partial charge in [0.25, 0.3) is 0 Å². The van der Waals surface area contributed by atoms with Crippen molar-refractivity contribution in [2.75, 3.05) is 44.2 Å². The van der Waals surface area contributed by atoms with Crippen LogP contribution in [0.2, 0.25) is 5.02 Å². The molecule has 0 bridgehead atoms. The first-order valence-corrected chi connectivity index (χ1v) is 15.1. The first-order chi connectivity index (χ1) is 19.8. The minimum absolute atomic E-state index is 0.303. The zero-order chi connectivity index (χ0) is 28.5. The van der Waals surface area contributed by atoms with E-state index < -0.39 is 0 Å². The lowest BCUT2D eigenvalue weighted by molar-refractivity contribution is -0.0538. The van der Waals surface area contributed by atoms with Gasteiger partial charge in [0.15, 0.2) is 5.69 Å². The van der Waals surface area contributed by atoms with Crippen molar-refractivity contribution in [2.24, 2.45) is 5.41 Å². The summed E-state index contributed by atoms with van der Waals surface area (Å²) in [6.45, 7) is 18.9. The van der Waals surface area contributed by atoms with Crippen LogP contribution in [0.15, 0.2) is 54.7 Å². The van der Waals surface area contributed by atoms with Crippen molar-refractivity contribution in [3.63, 3.8) is 0 Å². The monoisotopic (exact) mass is 570 g/mol. The number of hydrogen-bond donors (Lipinski definition) is 1. The molecule has 3 aromatic rings. The Balaban J connectivity index is 1.03. The maximum Gasteiger partial charge on any atom is 0.225 e. The van der Waals surface area contributed by atoms with Crippen molar-refractivity contribution >= 4 is 23.2 Å². The number of rotatable bonds is 7. The highest BCUT2D eigenvalue weighted by atomic mass is 35.5. The van der Waals surface area contributed by atoms with Gasteiger partial charge in [-0.05, 0) is 85.6 Å². The van der Waals surface area contributed by atoms with Gasteiger partial charge in [0.05, 0.1) is 12.3 Å². The fraction of sp³-hybridized carbons (Fsp3) is 0.485. The largest absolute Gasteiger partial charge is 0.487 e. The number of piperidine rings is 2. The minimum atomic E-state index is -0.303. The van der Waals surface area contributed by atoms with Gasteiger partial charge < -0.3 is 15.0 Å². The SMILES string of the molecule is [C-]#[N+]c1cc(Cl)cc(C(C)(C)c2ccc(OCc3ccnc(N4CCC5(CC4)CN(C4CCNCC4)C5)n3)cc2)c1. The molecule has 0 unspecified atom stereocenters. The second-order valence-electron chi connectivity index (χ2n) is 12.5. The summed E-state index contributed by atoms with van der Waals surface area (Å²) in [5.41, 5.74) is 3.76. The third kappa shape index (κ3) is 6.06. The molecule has 3 saturated heterocycles. The lowest BCUT2D eigenvalue weighted by atomic mass is 9.71. The van der Waals surface area contributed by atoms with Crippen LogP contribution in [0.3, 0.4) is 0 Å². The molecule has 1 spiro atoms. The molecule has 3 aliphatic heterocycles. The van der Waals surface area contributed by atoms with E-state index >= 15 is 0 Å². The van der Waals surface area contributed by atoms with Gasteiger partial charge in [-0.2, -0.15) is 0 Å². The third-order valence-corrected chi connectivity index (χ3v) is 9.62. The van der Waals surface area contributed by atoms with E-state index in [0.29, 0.717) is 22.7 Å². The molecule has 4 heterocycles. The Morgan fingerprint density at radius 1 is 1.05 bits per heavy atom. The van der Waals surface area contributed by atoms with Gasteiger partial charge in [-0.15, -0.1) is 0 Å². The topological polar surface area (TPSA) is 57.9 Å². The summed E-state index contributed by atoms with van der Waals surface area (Å²) < 4.78 is 6.11. The molecule has 3 fully saturated rings. The maximum absolute atomic E-state index is 7.36. The van der Waals surface area contributed by atoms with E-state index in [1.165, 1.54) is 51.9 Å². The molecular formula is C33H39ClN6O. The van der Waals surface area contributed by atoms with Gasteiger partial charge in [0.2, 0.25) is 5.95 Å². The van der Waals surface area contributed by atoms with Crippen molar-refractivity contribution in [2.45, 2.75) is 57.6 Å². The Labute approximate surface area is 248 Å². The van der Waals surface area contributed by atoms with Crippen LogP contribution in [-0.2, 0) is 12.0 Å². The molecule has 0 saturated carbocycles. The molecular weight excluding hydrogens is 532 g/mol. The van der Waals surface area contributed by atoms with Gasteiger partial charge in [-0.25, -0.2) is 14.8 Å². The zero-order valence-electron chi connectivity index (χ0n) is 24.1. The van der Waals surface area contributed by atoms with E-state index in [0.717, 1.165) is 47.7 Å². The lowest BCUT2D eigenvalue weighted by Gasteiger charge is -2.57. The molecule has 0 amide bonds. The molecule has 0 atom stereocenters. The van der Waals surface area contributed by atoms with Crippen LogP contribution in [0.5, 0.6) is 5.75 Å². The van der Waals surface area contributed by atoms with E-state index in [9.17, 15) is 0 Å². The van der Waals surface area contributed by atoms with Crippen molar-refractivity contribution in [3.05, 3.63) is 88.0 Å². The van der Waals surface area contributed by atoms with Crippen LogP contribution in [0.25, 0.3) is 4.85 Å². The lowest BCUT2D eigenvalue weighted by Crippen LogP contribution is -2.64. The first-order valence-electron chi connectivity index (χ1n) is 14.8. The first kappa shape index (κ1) is 28.0. The van der Waals surface area contributed by atoms with Gasteiger partial charge >= 0.3 is 0 Å². The predicted octanol–water partition coefficient (Wildman–Crippen LogP) is 6.24. The summed E-state index contributed by atoms with van der Waals surface area (Å²) in [6, 6.07) is 16.4. The van der Waals surface area contributed by atoms with Crippen LogP contribution in [0, 0.1) is 12.0 Å². The summed E-state index contributed by atoms with van der Waals surface area (Å²) in [5.74, 6) is 1.61. The van der Waals surface area contributed by atoms with Crippen molar-refractivity contribution in [1.82, 2.24) is 20.2 Å². The fourth-order valence-corrected chi connectivity index (χ4v) is 6.88. The Bertz CT molecular complexity index is 1400. The number of hydrogen-bond acceptors (Lipinski definition) is 6.